The first-order valence-electron chi connectivity index (χ1n) is 6.88. The van der Waals surface area contributed by atoms with Gasteiger partial charge in [0.25, 0.3) is 0 Å². The summed E-state index contributed by atoms with van der Waals surface area (Å²) in [4.78, 5) is 0. The largest absolute Gasteiger partial charge is 0.490 e. The second kappa shape index (κ2) is 6.21. The van der Waals surface area contributed by atoms with Crippen LogP contribution in [-0.4, -0.2) is 18.8 Å². The molecule has 3 nitrogen and oxygen atoms in total. The first-order valence-corrected chi connectivity index (χ1v) is 6.88. The Kier molecular flexibility index (Phi) is 4.61. The molecule has 3 heteroatoms. The molecule has 0 amide bonds. The molecule has 0 saturated heterocycles. The van der Waals surface area contributed by atoms with Crippen LogP contribution >= 0.6 is 0 Å². The van der Waals surface area contributed by atoms with Crippen molar-refractivity contribution in [2.45, 2.75) is 51.4 Å². The van der Waals surface area contributed by atoms with Crippen LogP contribution in [0.1, 0.15) is 44.7 Å². The SMILES string of the molecule is CCOC(CC)C(N)c1cccc(OC2CC2)c1. The second-order valence-electron chi connectivity index (χ2n) is 4.82. The lowest BCUT2D eigenvalue weighted by Crippen LogP contribution is -2.28. The zero-order valence-corrected chi connectivity index (χ0v) is 11.3. The Morgan fingerprint density at radius 2 is 2.11 bits per heavy atom. The highest BCUT2D eigenvalue weighted by atomic mass is 16.5. The third kappa shape index (κ3) is 3.47. The fourth-order valence-corrected chi connectivity index (χ4v) is 2.08. The molecule has 1 aromatic rings. The normalized spacial score (nSPS) is 18.4. The third-order valence-corrected chi connectivity index (χ3v) is 3.25. The number of ether oxygens (including phenoxy) is 2. The topological polar surface area (TPSA) is 44.5 Å². The molecular weight excluding hydrogens is 226 g/mol. The van der Waals surface area contributed by atoms with E-state index in [4.69, 9.17) is 15.2 Å². The fourth-order valence-electron chi connectivity index (χ4n) is 2.08. The van der Waals surface area contributed by atoms with Crippen LogP contribution in [0.4, 0.5) is 0 Å². The highest BCUT2D eigenvalue weighted by Crippen LogP contribution is 2.29. The molecule has 1 aliphatic rings. The van der Waals surface area contributed by atoms with E-state index >= 15 is 0 Å². The van der Waals surface area contributed by atoms with E-state index in [1.807, 2.05) is 31.2 Å². The average molecular weight is 249 g/mol. The molecule has 0 heterocycles. The van der Waals surface area contributed by atoms with Crippen LogP contribution in [-0.2, 0) is 4.74 Å². The molecule has 2 rings (SSSR count). The van der Waals surface area contributed by atoms with Gasteiger partial charge in [0.05, 0.1) is 18.2 Å². The summed E-state index contributed by atoms with van der Waals surface area (Å²) < 4.78 is 11.5. The van der Waals surface area contributed by atoms with E-state index < -0.39 is 0 Å². The minimum atomic E-state index is -0.0855. The molecule has 0 aromatic heterocycles. The zero-order valence-electron chi connectivity index (χ0n) is 11.3. The van der Waals surface area contributed by atoms with Crippen molar-refractivity contribution in [1.29, 1.82) is 0 Å². The van der Waals surface area contributed by atoms with E-state index in [9.17, 15) is 0 Å². The number of hydrogen-bond acceptors (Lipinski definition) is 3. The maximum atomic E-state index is 6.27. The summed E-state index contributed by atoms with van der Waals surface area (Å²) in [7, 11) is 0. The van der Waals surface area contributed by atoms with Crippen LogP contribution < -0.4 is 10.5 Å². The average Bonchev–Trinajstić information content (AvgIpc) is 3.19. The van der Waals surface area contributed by atoms with Gasteiger partial charge in [0, 0.05) is 6.61 Å². The van der Waals surface area contributed by atoms with E-state index in [0.717, 1.165) is 17.7 Å². The quantitative estimate of drug-likeness (QED) is 0.807. The monoisotopic (exact) mass is 249 g/mol. The first kappa shape index (κ1) is 13.4. The van der Waals surface area contributed by atoms with E-state index in [-0.39, 0.29) is 12.1 Å². The number of nitrogens with two attached hydrogens (primary N) is 1. The molecule has 1 saturated carbocycles. The highest BCUT2D eigenvalue weighted by molar-refractivity contribution is 5.31. The molecule has 0 spiro atoms. The smallest absolute Gasteiger partial charge is 0.120 e. The van der Waals surface area contributed by atoms with Gasteiger partial charge in [-0.25, -0.2) is 0 Å². The summed E-state index contributed by atoms with van der Waals surface area (Å²) >= 11 is 0. The van der Waals surface area contributed by atoms with Gasteiger partial charge in [0.1, 0.15) is 5.75 Å². The number of rotatable bonds is 7. The summed E-state index contributed by atoms with van der Waals surface area (Å²) in [5, 5.41) is 0. The van der Waals surface area contributed by atoms with Crippen molar-refractivity contribution in [1.82, 2.24) is 0 Å². The molecule has 0 radical (unpaired) electrons. The Labute approximate surface area is 109 Å². The molecular formula is C15H23NO2. The van der Waals surface area contributed by atoms with Gasteiger partial charge in [-0.3, -0.25) is 0 Å². The molecule has 0 bridgehead atoms. The maximum Gasteiger partial charge on any atom is 0.120 e. The lowest BCUT2D eigenvalue weighted by molar-refractivity contribution is 0.0413. The Morgan fingerprint density at radius 1 is 1.33 bits per heavy atom. The minimum absolute atomic E-state index is 0.0752. The standard InChI is InChI=1S/C15H23NO2/c1-3-14(17-4-2)15(16)11-6-5-7-13(10-11)18-12-8-9-12/h5-7,10,12,14-15H,3-4,8-9,16H2,1-2H3. The van der Waals surface area contributed by atoms with E-state index in [2.05, 4.69) is 6.92 Å². The summed E-state index contributed by atoms with van der Waals surface area (Å²) in [5.74, 6) is 0.928. The van der Waals surface area contributed by atoms with Crippen molar-refractivity contribution in [2.75, 3.05) is 6.61 Å². The van der Waals surface area contributed by atoms with Gasteiger partial charge in [-0.2, -0.15) is 0 Å². The van der Waals surface area contributed by atoms with Crippen LogP contribution in [0.3, 0.4) is 0 Å². The van der Waals surface area contributed by atoms with Gasteiger partial charge in [0.2, 0.25) is 0 Å². The minimum Gasteiger partial charge on any atom is -0.490 e. The van der Waals surface area contributed by atoms with Crippen LogP contribution in [0, 0.1) is 0 Å². The van der Waals surface area contributed by atoms with Crippen LogP contribution in [0.5, 0.6) is 5.75 Å². The van der Waals surface area contributed by atoms with Crippen molar-refractivity contribution in [3.8, 4) is 5.75 Å². The molecule has 1 aromatic carbocycles. The predicted molar refractivity (Wildman–Crippen MR) is 72.7 cm³/mol. The van der Waals surface area contributed by atoms with E-state index in [0.29, 0.717) is 12.7 Å². The first-order chi connectivity index (χ1) is 8.74. The lowest BCUT2D eigenvalue weighted by Gasteiger charge is -2.23. The van der Waals surface area contributed by atoms with Crippen LogP contribution in [0.25, 0.3) is 0 Å². The van der Waals surface area contributed by atoms with Gasteiger partial charge in [-0.1, -0.05) is 19.1 Å². The molecule has 18 heavy (non-hydrogen) atoms. The van der Waals surface area contributed by atoms with Crippen LogP contribution in [0.2, 0.25) is 0 Å². The molecule has 1 aliphatic carbocycles. The Balaban J connectivity index is 2.05. The Morgan fingerprint density at radius 3 is 2.72 bits per heavy atom. The molecule has 2 atom stereocenters. The lowest BCUT2D eigenvalue weighted by atomic mass is 10.0. The van der Waals surface area contributed by atoms with E-state index in [1.165, 1.54) is 12.8 Å². The summed E-state index contributed by atoms with van der Waals surface area (Å²) in [6, 6.07) is 8.01. The fraction of sp³-hybridized carbons (Fsp3) is 0.600. The number of hydrogen-bond donors (Lipinski definition) is 1. The number of benzene rings is 1. The van der Waals surface area contributed by atoms with Gasteiger partial charge >= 0.3 is 0 Å². The van der Waals surface area contributed by atoms with E-state index in [1.54, 1.807) is 0 Å². The van der Waals surface area contributed by atoms with Crippen molar-refractivity contribution < 1.29 is 9.47 Å². The molecule has 0 aliphatic heterocycles. The summed E-state index contributed by atoms with van der Waals surface area (Å²) in [6.45, 7) is 4.80. The van der Waals surface area contributed by atoms with Gasteiger partial charge < -0.3 is 15.2 Å². The third-order valence-electron chi connectivity index (χ3n) is 3.25. The van der Waals surface area contributed by atoms with Crippen LogP contribution in [0.15, 0.2) is 24.3 Å². The summed E-state index contributed by atoms with van der Waals surface area (Å²) in [6.07, 6.45) is 3.76. The van der Waals surface area contributed by atoms with Gasteiger partial charge in [-0.05, 0) is 43.9 Å². The van der Waals surface area contributed by atoms with Crippen molar-refractivity contribution in [3.05, 3.63) is 29.8 Å². The molecule has 2 unspecified atom stereocenters. The van der Waals surface area contributed by atoms with Crippen molar-refractivity contribution in [3.63, 3.8) is 0 Å². The molecule has 2 N–H and O–H groups in total. The maximum absolute atomic E-state index is 6.27. The highest BCUT2D eigenvalue weighted by Gasteiger charge is 2.24. The Bertz CT molecular complexity index is 377. The molecule has 1 fully saturated rings. The van der Waals surface area contributed by atoms with Crippen molar-refractivity contribution in [2.24, 2.45) is 5.73 Å². The second-order valence-corrected chi connectivity index (χ2v) is 4.82. The zero-order chi connectivity index (χ0) is 13.0. The Hall–Kier alpha value is -1.06. The van der Waals surface area contributed by atoms with Gasteiger partial charge in [-0.15, -0.1) is 0 Å². The van der Waals surface area contributed by atoms with Crippen molar-refractivity contribution >= 4 is 0 Å². The summed E-state index contributed by atoms with van der Waals surface area (Å²) in [5.41, 5.74) is 7.36. The molecule has 100 valence electrons. The predicted octanol–water partition coefficient (Wildman–Crippen LogP) is 3.04. The van der Waals surface area contributed by atoms with Gasteiger partial charge in [0.15, 0.2) is 0 Å².